The topological polar surface area (TPSA) is 500 Å². The molecule has 0 saturated carbocycles. The van der Waals surface area contributed by atoms with Crippen LogP contribution in [0.2, 0.25) is 5.15 Å². The van der Waals surface area contributed by atoms with Gasteiger partial charge in [-0.15, -0.1) is 0 Å². The number of carbonyl (C=O) groups excluding carboxylic acids is 2. The van der Waals surface area contributed by atoms with Gasteiger partial charge in [0.2, 0.25) is 23.7 Å². The fourth-order valence-corrected chi connectivity index (χ4v) is 15.2. The van der Waals surface area contributed by atoms with Gasteiger partial charge >= 0.3 is 27.2 Å². The Morgan fingerprint density at radius 2 is 0.902 bits per heavy atom. The Morgan fingerprint density at radius 1 is 0.554 bits per heavy atom. The van der Waals surface area contributed by atoms with E-state index in [1.807, 2.05) is 5.09 Å². The van der Waals surface area contributed by atoms with Crippen molar-refractivity contribution in [2.75, 3.05) is 61.8 Å². The molecule has 9 heterocycles. The van der Waals surface area contributed by atoms with Crippen molar-refractivity contribution in [3.8, 4) is 11.5 Å². The van der Waals surface area contributed by atoms with E-state index in [4.69, 9.17) is 71.2 Å². The predicted octanol–water partition coefficient (Wildman–Crippen LogP) is 6.74. The molecule has 0 unspecified atom stereocenters. The zero-order chi connectivity index (χ0) is 82.6. The highest BCUT2D eigenvalue weighted by Crippen LogP contribution is 2.50. The molecule has 36 nitrogen and oxygen atoms in total. The Hall–Kier alpha value is -9.40. The summed E-state index contributed by atoms with van der Waals surface area (Å²) < 4.78 is 189. The number of hydrogen-bond donors (Lipinski definition) is 12. The molecule has 0 amide bonds. The second-order valence-electron chi connectivity index (χ2n) is 26.2. The molecule has 3 saturated heterocycles. The van der Waals surface area contributed by atoms with E-state index in [1.165, 1.54) is 91.6 Å². The third-order valence-electron chi connectivity index (χ3n) is 17.0. The SMILES string of the molecule is CC(C)OC(=O)[C@H](C)N[P@](=O)(Oc1ccccc1)c1c(F)c(F)c(F)c(F)c1F.CNc1nc(N)nc2c1ncn2[C@@H]1O[C@H](CO)[C@@H](O)[C@@]1(C)F.CNc1nc(N)nc2c1ncn2[C@@H]1O[C@H](CO[P@@](=O)(N[C@@H](C)C(=O)OC(C)C)Oc2ccccc2)[C@@H](O)[C@@]1(C)F.C[C@@]1(F)[C@H](O)[C@@H](CO)O[C@H]1n1cnc2c(Cl)nc(N)nc21.[HH].[HH]. The predicted molar refractivity (Wildman–Crippen MR) is 389 cm³/mol. The number of nitrogen functional groups attached to an aromatic ring is 3. The summed E-state index contributed by atoms with van der Waals surface area (Å²) in [5.74, 6) is -12.8. The zero-order valence-electron chi connectivity index (χ0n) is 61.2. The van der Waals surface area contributed by atoms with Crippen LogP contribution in [0, 0.1) is 29.1 Å². The number of nitrogens with two attached hydrogens (primary N) is 3. The Labute approximate surface area is 639 Å². The number of ether oxygens (including phenoxy) is 5. The summed E-state index contributed by atoms with van der Waals surface area (Å²) in [5.41, 5.74) is 12.0. The van der Waals surface area contributed by atoms with Crippen LogP contribution in [0.4, 0.5) is 64.6 Å². The molecule has 6 aromatic heterocycles. The third kappa shape index (κ3) is 18.3. The monoisotopic (exact) mass is 1650 g/mol. The minimum Gasteiger partial charge on any atom is -0.462 e. The van der Waals surface area contributed by atoms with Crippen molar-refractivity contribution in [1.82, 2.24) is 68.7 Å². The molecule has 614 valence electrons. The average molecular weight is 1650 g/mol. The van der Waals surface area contributed by atoms with Crippen molar-refractivity contribution in [2.45, 2.75) is 159 Å². The summed E-state index contributed by atoms with van der Waals surface area (Å²) in [6, 6.07) is 12.5. The minimum absolute atomic E-state index is 0. The normalized spacial score (nSPS) is 25.1. The number of imidazole rings is 3. The summed E-state index contributed by atoms with van der Waals surface area (Å²) >= 11 is 5.91. The smallest absolute Gasteiger partial charge is 0.459 e. The Bertz CT molecular complexity index is 4920. The van der Waals surface area contributed by atoms with Crippen molar-refractivity contribution < 1.29 is 119 Å². The molecule has 47 heteroatoms. The lowest BCUT2D eigenvalue weighted by Crippen LogP contribution is -2.41. The molecule has 0 spiro atoms. The lowest BCUT2D eigenvalue weighted by molar-refractivity contribution is -0.149. The first-order chi connectivity index (χ1) is 52.6. The largest absolute Gasteiger partial charge is 0.462 e. The fraction of sp³-hybridized carbons (Fsp3) is 0.462. The molecule has 0 bridgehead atoms. The number of nitrogens with zero attached hydrogens (tertiary/aromatic N) is 12. The van der Waals surface area contributed by atoms with Gasteiger partial charge in [0, 0.05) is 16.9 Å². The molecule has 15 N–H and O–H groups in total. The zero-order valence-corrected chi connectivity index (χ0v) is 63.7. The molecule has 3 aliphatic heterocycles. The van der Waals surface area contributed by atoms with E-state index in [-0.39, 0.29) is 59.8 Å². The number of aromatic nitrogens is 12. The number of rotatable bonds is 23. The first-order valence-electron chi connectivity index (χ1n) is 33.7. The number of alkyl halides is 3. The van der Waals surface area contributed by atoms with Crippen LogP contribution in [0.15, 0.2) is 79.6 Å². The number of anilines is 5. The van der Waals surface area contributed by atoms with Crippen LogP contribution in [-0.4, -0.2) is 208 Å². The van der Waals surface area contributed by atoms with Crippen LogP contribution in [0.3, 0.4) is 0 Å². The maximum absolute atomic E-state index is 16.0. The highest BCUT2D eigenvalue weighted by atomic mass is 35.5. The summed E-state index contributed by atoms with van der Waals surface area (Å²) in [6.45, 7) is 10.9. The number of carbonyl (C=O) groups is 2. The summed E-state index contributed by atoms with van der Waals surface area (Å²) in [4.78, 5) is 60.8. The van der Waals surface area contributed by atoms with Gasteiger partial charge in [0.25, 0.3) is 0 Å². The molecule has 112 heavy (non-hydrogen) atoms. The van der Waals surface area contributed by atoms with Gasteiger partial charge in [0.15, 0.2) is 104 Å². The summed E-state index contributed by atoms with van der Waals surface area (Å²) in [7, 11) is -6.05. The summed E-state index contributed by atoms with van der Waals surface area (Å²) in [6.07, 6.45) is -8.92. The number of aliphatic hydroxyl groups is 5. The highest BCUT2D eigenvalue weighted by molar-refractivity contribution is 7.65. The van der Waals surface area contributed by atoms with E-state index in [0.29, 0.717) is 22.7 Å². The third-order valence-corrected chi connectivity index (χ3v) is 21.1. The number of hydrogen-bond acceptors (Lipinski definition) is 31. The van der Waals surface area contributed by atoms with Gasteiger partial charge in [0.1, 0.15) is 71.0 Å². The molecule has 0 aliphatic carbocycles. The van der Waals surface area contributed by atoms with Crippen LogP contribution >= 0.6 is 26.9 Å². The van der Waals surface area contributed by atoms with Crippen LogP contribution in [-0.2, 0) is 46.9 Å². The van der Waals surface area contributed by atoms with Crippen LogP contribution in [0.5, 0.6) is 11.5 Å². The van der Waals surface area contributed by atoms with E-state index < -0.39 is 178 Å². The Balaban J connectivity index is 0.000000216. The van der Waals surface area contributed by atoms with Crippen molar-refractivity contribution in [1.29, 1.82) is 0 Å². The molecule has 0 radical (unpaired) electrons. The standard InChI is InChI=1S/C24H33FN7O7P.C18H17F5NO4P.C12H17FN6O3.C11H13ClFN5O3.2H2/c1-13(2)37-21(34)14(3)31-40(35,39-15-9-7-6-8-10-15)36-11-16-18(33)24(4,25)22(38-16)32-12-28-17-19(27-5)29-23(26)30-20(17)32;1-9(2)27-18(25)10(3)24-29(26,28-11-7-5-4-6-8-11)17-15(22)13(20)12(19)14(21)16(17)23;1-12(13)7(21)5(3-20)22-10(12)19-4-16-6-8(15-2)17-11(14)18-9(6)19;1-11(13)6(20)4(2-19)21-9(11)18-3-15-5-7(12)16-10(14)17-8(5)18;;/h6-10,12-14,16,18,22,33H,11H2,1-5H3,(H,31,35)(H3,26,27,29,30);4-10H,1-3H3,(H,24,26);4-5,7,10,20-21H,3H2,1-2H3,(H3,14,15,17,18);3-4,6,9,19-20H,2H2,1H3,(H2,14,16,17);2*1H/t14-,16+,18+,22+,24+,40-;10-,29+;5-,7-,10-,12-;4-,6-,9-,11-;;/m0011../s1. The van der Waals surface area contributed by atoms with Gasteiger partial charge in [-0.2, -0.15) is 35.0 Å². The van der Waals surface area contributed by atoms with Crippen LogP contribution < -0.4 is 52.4 Å². The number of halogens is 9. The van der Waals surface area contributed by atoms with Crippen LogP contribution in [0.1, 0.15) is 83.9 Å². The van der Waals surface area contributed by atoms with E-state index in [2.05, 4.69) is 60.6 Å². The first kappa shape index (κ1) is 86.6. The number of benzene rings is 3. The van der Waals surface area contributed by atoms with Gasteiger partial charge < -0.3 is 86.1 Å². The number of aliphatic hydroxyl groups excluding tert-OH is 5. The highest BCUT2D eigenvalue weighted by Gasteiger charge is 2.58. The second kappa shape index (κ2) is 34.9. The molecule has 3 aliphatic rings. The van der Waals surface area contributed by atoms with Crippen molar-refractivity contribution in [2.24, 2.45) is 0 Å². The molecule has 16 atom stereocenters. The lowest BCUT2D eigenvalue weighted by Gasteiger charge is -2.25. The van der Waals surface area contributed by atoms with Crippen LogP contribution in [0.25, 0.3) is 33.5 Å². The molecule has 9 aromatic rings. The van der Waals surface area contributed by atoms with Gasteiger partial charge in [-0.1, -0.05) is 48.0 Å². The molecule has 12 rings (SSSR count). The molecular formula is C65H84ClF8N19O17P2. The van der Waals surface area contributed by atoms with E-state index in [0.717, 1.165) is 13.8 Å². The van der Waals surface area contributed by atoms with Gasteiger partial charge in [-0.3, -0.25) is 32.4 Å². The molecule has 3 fully saturated rings. The quantitative estimate of drug-likeness (QED) is 0.00787. The van der Waals surface area contributed by atoms with E-state index >= 15 is 4.39 Å². The Morgan fingerprint density at radius 3 is 1.29 bits per heavy atom. The van der Waals surface area contributed by atoms with Crippen molar-refractivity contribution in [3.05, 3.63) is 114 Å². The average Bonchev–Trinajstić information content (AvgIpc) is 1.33. The number of esters is 2. The maximum atomic E-state index is 16.0. The maximum Gasteiger partial charge on any atom is 0.459 e. The van der Waals surface area contributed by atoms with E-state index in [9.17, 15) is 69.9 Å². The fourth-order valence-electron chi connectivity index (χ4n) is 11.5. The number of para-hydroxylation sites is 2. The van der Waals surface area contributed by atoms with Gasteiger partial charge in [0.05, 0.1) is 51.0 Å². The lowest BCUT2D eigenvalue weighted by atomic mass is 9.98. The summed E-state index contributed by atoms with van der Waals surface area (Å²) in [5, 5.41) is 57.6. The van der Waals surface area contributed by atoms with E-state index in [1.54, 1.807) is 64.3 Å². The minimum atomic E-state index is -5.04. The van der Waals surface area contributed by atoms with Gasteiger partial charge in [-0.05, 0) is 86.6 Å². The Kier molecular flexibility index (Phi) is 27.0. The molecule has 3 aromatic carbocycles. The number of nitrogens with one attached hydrogen (secondary N) is 4. The first-order valence-corrected chi connectivity index (χ1v) is 37.2. The molecular weight excluding hydrogens is 1570 g/mol. The van der Waals surface area contributed by atoms with Crippen molar-refractivity contribution in [3.63, 3.8) is 0 Å². The van der Waals surface area contributed by atoms with Gasteiger partial charge in [-0.25, -0.2) is 59.7 Å². The number of fused-ring (bicyclic) bond motifs is 3. The second-order valence-corrected chi connectivity index (χ2v) is 30.2. The van der Waals surface area contributed by atoms with Crippen molar-refractivity contribution >= 4 is 107 Å².